The van der Waals surface area contributed by atoms with E-state index in [0.717, 1.165) is 55.0 Å². The molecule has 0 N–H and O–H groups in total. The van der Waals surface area contributed by atoms with E-state index in [2.05, 4.69) is 25.9 Å². The largest absolute Gasteiger partial charge is 0.493 e. The highest BCUT2D eigenvalue weighted by Gasteiger charge is 2.21. The maximum atomic E-state index is 12.1. The summed E-state index contributed by atoms with van der Waals surface area (Å²) in [5.74, 6) is 1.49. The van der Waals surface area contributed by atoms with Crippen molar-refractivity contribution in [3.8, 4) is 11.5 Å². The lowest BCUT2D eigenvalue weighted by molar-refractivity contribution is 0.249. The Hall–Kier alpha value is -2.65. The van der Waals surface area contributed by atoms with Gasteiger partial charge in [0.1, 0.15) is 0 Å². The van der Waals surface area contributed by atoms with Crippen LogP contribution in [0.1, 0.15) is 11.3 Å². The third kappa shape index (κ3) is 3.67. The molecule has 148 valence electrons. The molecule has 2 aromatic heterocycles. The van der Waals surface area contributed by atoms with Crippen LogP contribution in [0.3, 0.4) is 0 Å². The van der Waals surface area contributed by atoms with Gasteiger partial charge in [-0.15, -0.1) is 5.10 Å². The number of ether oxygens (including phenoxy) is 2. The van der Waals surface area contributed by atoms with Crippen LogP contribution in [0.4, 0.5) is 5.13 Å². The molecule has 0 spiro atoms. The molecule has 0 amide bonds. The Kier molecular flexibility index (Phi) is 5.19. The highest BCUT2D eigenvalue weighted by molar-refractivity contribution is 7.20. The number of benzene rings is 1. The van der Waals surface area contributed by atoms with Crippen molar-refractivity contribution in [2.24, 2.45) is 0 Å². The van der Waals surface area contributed by atoms with E-state index in [1.54, 1.807) is 14.2 Å². The minimum atomic E-state index is -0.128. The summed E-state index contributed by atoms with van der Waals surface area (Å²) in [6.07, 6.45) is 0. The number of anilines is 1. The van der Waals surface area contributed by atoms with Gasteiger partial charge in [-0.25, -0.2) is 4.98 Å². The molecule has 1 fully saturated rings. The number of rotatable bonds is 5. The number of nitrogens with zero attached hydrogens (tertiary/aromatic N) is 5. The molecule has 1 aromatic carbocycles. The van der Waals surface area contributed by atoms with Crippen LogP contribution in [0.2, 0.25) is 0 Å². The third-order valence-corrected chi connectivity index (χ3v) is 5.83. The van der Waals surface area contributed by atoms with Crippen molar-refractivity contribution in [1.82, 2.24) is 19.5 Å². The van der Waals surface area contributed by atoms with Gasteiger partial charge in [0.05, 0.1) is 14.2 Å². The molecule has 1 aliphatic rings. The zero-order valence-electron chi connectivity index (χ0n) is 16.2. The summed E-state index contributed by atoms with van der Waals surface area (Å²) in [6, 6.07) is 7.55. The average Bonchev–Trinajstić information content (AvgIpc) is 3.13. The average molecular weight is 401 g/mol. The van der Waals surface area contributed by atoms with E-state index in [1.165, 1.54) is 27.5 Å². The van der Waals surface area contributed by atoms with Crippen LogP contribution in [-0.4, -0.2) is 59.9 Å². The van der Waals surface area contributed by atoms with Crippen molar-refractivity contribution in [2.45, 2.75) is 13.5 Å². The summed E-state index contributed by atoms with van der Waals surface area (Å²) in [5.41, 5.74) is 1.79. The van der Waals surface area contributed by atoms with Crippen molar-refractivity contribution in [3.05, 3.63) is 45.9 Å². The van der Waals surface area contributed by atoms with E-state index < -0.39 is 0 Å². The standard InChI is InChI=1S/C19H23N5O3S/c1-13-10-17(25)24-18(20-13)28-19(21-24)23-8-6-22(7-9-23)12-14-4-5-15(26-2)16(11-14)27-3/h4-5,10-11H,6-9,12H2,1-3H3. The van der Waals surface area contributed by atoms with E-state index in [9.17, 15) is 4.79 Å². The molecule has 4 rings (SSSR count). The molecule has 0 unspecified atom stereocenters. The van der Waals surface area contributed by atoms with E-state index in [4.69, 9.17) is 9.47 Å². The Labute approximate surface area is 166 Å². The van der Waals surface area contributed by atoms with Crippen molar-refractivity contribution in [2.75, 3.05) is 45.3 Å². The first-order valence-electron chi connectivity index (χ1n) is 9.13. The Balaban J connectivity index is 1.42. The summed E-state index contributed by atoms with van der Waals surface area (Å²) in [4.78, 5) is 21.8. The monoisotopic (exact) mass is 401 g/mol. The zero-order valence-corrected chi connectivity index (χ0v) is 17.0. The second-order valence-electron chi connectivity index (χ2n) is 6.77. The van der Waals surface area contributed by atoms with Gasteiger partial charge >= 0.3 is 0 Å². The molecule has 0 radical (unpaired) electrons. The third-order valence-electron chi connectivity index (χ3n) is 4.86. The molecular formula is C19H23N5O3S. The lowest BCUT2D eigenvalue weighted by Gasteiger charge is -2.34. The Morgan fingerprint density at radius 1 is 1.07 bits per heavy atom. The predicted octanol–water partition coefficient (Wildman–Crippen LogP) is 1.80. The van der Waals surface area contributed by atoms with Crippen LogP contribution in [0.5, 0.6) is 11.5 Å². The fourth-order valence-electron chi connectivity index (χ4n) is 3.37. The van der Waals surface area contributed by atoms with Crippen LogP contribution in [-0.2, 0) is 6.54 Å². The maximum absolute atomic E-state index is 12.1. The normalized spacial score (nSPS) is 15.2. The molecule has 28 heavy (non-hydrogen) atoms. The van der Waals surface area contributed by atoms with Crippen molar-refractivity contribution >= 4 is 21.4 Å². The Morgan fingerprint density at radius 3 is 2.54 bits per heavy atom. The number of hydrogen-bond acceptors (Lipinski definition) is 8. The lowest BCUT2D eigenvalue weighted by atomic mass is 10.1. The van der Waals surface area contributed by atoms with Crippen LogP contribution < -0.4 is 19.9 Å². The highest BCUT2D eigenvalue weighted by Crippen LogP contribution is 2.28. The smallest absolute Gasteiger partial charge is 0.275 e. The minimum absolute atomic E-state index is 0.128. The van der Waals surface area contributed by atoms with Gasteiger partial charge in [0.25, 0.3) is 5.56 Å². The van der Waals surface area contributed by atoms with E-state index >= 15 is 0 Å². The molecule has 1 saturated heterocycles. The first-order valence-corrected chi connectivity index (χ1v) is 9.95. The van der Waals surface area contributed by atoms with Gasteiger partial charge in [0.15, 0.2) is 11.5 Å². The molecule has 9 heteroatoms. The van der Waals surface area contributed by atoms with Gasteiger partial charge in [-0.2, -0.15) is 4.52 Å². The second-order valence-corrected chi connectivity index (χ2v) is 7.70. The zero-order chi connectivity index (χ0) is 19.7. The van der Waals surface area contributed by atoms with Gasteiger partial charge in [0, 0.05) is 44.5 Å². The molecule has 0 bridgehead atoms. The summed E-state index contributed by atoms with van der Waals surface area (Å²) in [7, 11) is 3.30. The van der Waals surface area contributed by atoms with Crippen molar-refractivity contribution in [3.63, 3.8) is 0 Å². The molecule has 0 atom stereocenters. The van der Waals surface area contributed by atoms with Gasteiger partial charge in [-0.1, -0.05) is 17.4 Å². The minimum Gasteiger partial charge on any atom is -0.493 e. The summed E-state index contributed by atoms with van der Waals surface area (Å²) in [5, 5.41) is 5.31. The summed E-state index contributed by atoms with van der Waals surface area (Å²) in [6.45, 7) is 6.25. The van der Waals surface area contributed by atoms with Gasteiger partial charge < -0.3 is 14.4 Å². The first-order chi connectivity index (χ1) is 13.6. The molecule has 0 aliphatic carbocycles. The fourth-order valence-corrected chi connectivity index (χ4v) is 4.38. The Bertz CT molecular complexity index is 1040. The van der Waals surface area contributed by atoms with Gasteiger partial charge in [-0.05, 0) is 24.6 Å². The molecule has 0 saturated carbocycles. The molecular weight excluding hydrogens is 378 g/mol. The maximum Gasteiger partial charge on any atom is 0.275 e. The van der Waals surface area contributed by atoms with E-state index in [-0.39, 0.29) is 5.56 Å². The van der Waals surface area contributed by atoms with Crippen molar-refractivity contribution < 1.29 is 9.47 Å². The van der Waals surface area contributed by atoms with Crippen LogP contribution in [0, 0.1) is 6.92 Å². The number of methoxy groups -OCH3 is 2. The fraction of sp³-hybridized carbons (Fsp3) is 0.421. The van der Waals surface area contributed by atoms with Crippen LogP contribution >= 0.6 is 11.3 Å². The first kappa shape index (κ1) is 18.7. The van der Waals surface area contributed by atoms with Gasteiger partial charge in [-0.3, -0.25) is 9.69 Å². The second kappa shape index (κ2) is 7.76. The summed E-state index contributed by atoms with van der Waals surface area (Å²) < 4.78 is 12.1. The number of hydrogen-bond donors (Lipinski definition) is 0. The summed E-state index contributed by atoms with van der Waals surface area (Å²) >= 11 is 1.46. The number of fused-ring (bicyclic) bond motifs is 1. The number of aryl methyl sites for hydroxylation is 1. The van der Waals surface area contributed by atoms with Gasteiger partial charge in [0.2, 0.25) is 10.1 Å². The number of piperazine rings is 1. The van der Waals surface area contributed by atoms with E-state index in [0.29, 0.717) is 4.96 Å². The molecule has 3 heterocycles. The van der Waals surface area contributed by atoms with Crippen LogP contribution in [0.15, 0.2) is 29.1 Å². The van der Waals surface area contributed by atoms with Crippen LogP contribution in [0.25, 0.3) is 4.96 Å². The Morgan fingerprint density at radius 2 is 1.82 bits per heavy atom. The lowest BCUT2D eigenvalue weighted by Crippen LogP contribution is -2.46. The van der Waals surface area contributed by atoms with E-state index in [1.807, 2.05) is 19.1 Å². The van der Waals surface area contributed by atoms with Crippen molar-refractivity contribution in [1.29, 1.82) is 0 Å². The topological polar surface area (TPSA) is 72.2 Å². The SMILES string of the molecule is COc1ccc(CN2CCN(c3nn4c(=O)cc(C)nc4s3)CC2)cc1OC. The predicted molar refractivity (Wildman–Crippen MR) is 109 cm³/mol. The quantitative estimate of drug-likeness (QED) is 0.645. The molecule has 1 aliphatic heterocycles. The highest BCUT2D eigenvalue weighted by atomic mass is 32.1. The molecule has 8 nitrogen and oxygen atoms in total. The molecule has 3 aromatic rings. The number of aromatic nitrogens is 3.